The van der Waals surface area contributed by atoms with Crippen molar-refractivity contribution in [2.75, 3.05) is 29.7 Å². The van der Waals surface area contributed by atoms with Crippen LogP contribution in [0, 0.1) is 0 Å². The molecule has 11 heteroatoms. The predicted molar refractivity (Wildman–Crippen MR) is 130 cm³/mol. The molecule has 2 aromatic carbocycles. The molecular weight excluding hydrogens is 467 g/mol. The summed E-state index contributed by atoms with van der Waals surface area (Å²) in [6.45, 7) is 2.51. The van der Waals surface area contributed by atoms with Crippen LogP contribution in [0.3, 0.4) is 0 Å². The molecule has 0 unspecified atom stereocenters. The van der Waals surface area contributed by atoms with Crippen LogP contribution in [0.25, 0.3) is 0 Å². The highest BCUT2D eigenvalue weighted by molar-refractivity contribution is 6.35. The van der Waals surface area contributed by atoms with Crippen LogP contribution in [0.2, 0.25) is 10.0 Å². The summed E-state index contributed by atoms with van der Waals surface area (Å²) in [5.41, 5.74) is 12.3. The zero-order valence-corrected chi connectivity index (χ0v) is 19.4. The second-order valence-corrected chi connectivity index (χ2v) is 7.72. The summed E-state index contributed by atoms with van der Waals surface area (Å²) in [7, 11) is 0. The molecular formula is C22H24Cl2N6O3. The van der Waals surface area contributed by atoms with Crippen molar-refractivity contribution in [3.8, 4) is 11.5 Å². The van der Waals surface area contributed by atoms with Gasteiger partial charge in [0.2, 0.25) is 0 Å². The third kappa shape index (κ3) is 7.30. The van der Waals surface area contributed by atoms with Crippen LogP contribution in [0.5, 0.6) is 11.5 Å². The Morgan fingerprint density at radius 3 is 2.55 bits per heavy atom. The lowest BCUT2D eigenvalue weighted by molar-refractivity contribution is -0.122. The predicted octanol–water partition coefficient (Wildman–Crippen LogP) is 4.81. The van der Waals surface area contributed by atoms with Gasteiger partial charge in [-0.1, -0.05) is 36.5 Å². The standard InChI is InChI=1S/C22H24Cl2N6O3/c1-2-3-10-32-16-7-5-15(6-8-16)28-21-20(25)22(27-13-26-21)30-29-19(31)12-33-18-9-4-14(23)11-17(18)24/h4-9,11,13H,2-3,10,12,25H2,1H3,(H,29,31)(H2,26,27,28,30). The van der Waals surface area contributed by atoms with E-state index in [0.29, 0.717) is 28.2 Å². The fourth-order valence-corrected chi connectivity index (χ4v) is 3.06. The number of hydrogen-bond donors (Lipinski definition) is 4. The summed E-state index contributed by atoms with van der Waals surface area (Å²) in [5, 5.41) is 3.89. The normalized spacial score (nSPS) is 10.4. The van der Waals surface area contributed by atoms with E-state index in [4.69, 9.17) is 38.4 Å². The maximum atomic E-state index is 12.1. The summed E-state index contributed by atoms with van der Waals surface area (Å²) in [4.78, 5) is 20.3. The van der Waals surface area contributed by atoms with Crippen molar-refractivity contribution in [1.29, 1.82) is 0 Å². The van der Waals surface area contributed by atoms with Crippen molar-refractivity contribution in [2.24, 2.45) is 0 Å². The molecule has 1 amide bonds. The molecule has 0 saturated carbocycles. The molecule has 3 rings (SSSR count). The molecule has 1 heterocycles. The zero-order chi connectivity index (χ0) is 23.6. The van der Waals surface area contributed by atoms with E-state index in [9.17, 15) is 4.79 Å². The van der Waals surface area contributed by atoms with E-state index in [1.165, 1.54) is 12.4 Å². The highest BCUT2D eigenvalue weighted by atomic mass is 35.5. The molecule has 0 aliphatic carbocycles. The van der Waals surface area contributed by atoms with Gasteiger partial charge in [0.05, 0.1) is 11.6 Å². The number of amides is 1. The molecule has 0 saturated heterocycles. The molecule has 0 aliphatic rings. The molecule has 0 radical (unpaired) electrons. The van der Waals surface area contributed by atoms with Crippen molar-refractivity contribution in [3.05, 3.63) is 58.8 Å². The Kier molecular flexibility index (Phi) is 8.79. The van der Waals surface area contributed by atoms with Crippen molar-refractivity contribution in [3.63, 3.8) is 0 Å². The fraction of sp³-hybridized carbons (Fsp3) is 0.227. The zero-order valence-electron chi connectivity index (χ0n) is 17.9. The maximum Gasteiger partial charge on any atom is 0.276 e. The number of rotatable bonds is 11. The lowest BCUT2D eigenvalue weighted by Crippen LogP contribution is -2.34. The lowest BCUT2D eigenvalue weighted by Gasteiger charge is -2.14. The summed E-state index contributed by atoms with van der Waals surface area (Å²) in [5.74, 6) is 1.27. The molecule has 0 bridgehead atoms. The van der Waals surface area contributed by atoms with Gasteiger partial charge < -0.3 is 20.5 Å². The van der Waals surface area contributed by atoms with Gasteiger partial charge in [0.1, 0.15) is 23.5 Å². The number of ether oxygens (including phenoxy) is 2. The summed E-state index contributed by atoms with van der Waals surface area (Å²) < 4.78 is 11.0. The molecule has 0 atom stereocenters. The van der Waals surface area contributed by atoms with Crippen LogP contribution >= 0.6 is 23.2 Å². The van der Waals surface area contributed by atoms with E-state index in [1.807, 2.05) is 24.3 Å². The van der Waals surface area contributed by atoms with E-state index >= 15 is 0 Å². The third-order valence-corrected chi connectivity index (χ3v) is 4.87. The molecule has 9 nitrogen and oxygen atoms in total. The Labute approximate surface area is 201 Å². The number of nitrogens with two attached hydrogens (primary N) is 1. The summed E-state index contributed by atoms with van der Waals surface area (Å²) in [6, 6.07) is 12.2. The van der Waals surface area contributed by atoms with Crippen molar-refractivity contribution >= 4 is 52.1 Å². The quantitative estimate of drug-likeness (QED) is 0.223. The number of carbonyl (C=O) groups is 1. The maximum absolute atomic E-state index is 12.1. The average molecular weight is 491 g/mol. The number of anilines is 4. The van der Waals surface area contributed by atoms with E-state index in [0.717, 1.165) is 24.3 Å². The van der Waals surface area contributed by atoms with Crippen LogP contribution in [-0.4, -0.2) is 29.1 Å². The number of nitrogens with zero attached hydrogens (tertiary/aromatic N) is 2. The van der Waals surface area contributed by atoms with Crippen molar-refractivity contribution < 1.29 is 14.3 Å². The van der Waals surface area contributed by atoms with Gasteiger partial charge in [0, 0.05) is 10.7 Å². The van der Waals surface area contributed by atoms with Gasteiger partial charge >= 0.3 is 0 Å². The number of carbonyl (C=O) groups excluding carboxylic acids is 1. The van der Waals surface area contributed by atoms with E-state index < -0.39 is 5.91 Å². The topological polar surface area (TPSA) is 123 Å². The Balaban J connectivity index is 1.53. The number of aromatic nitrogens is 2. The van der Waals surface area contributed by atoms with E-state index in [-0.39, 0.29) is 18.1 Å². The number of hydrazine groups is 1. The highest BCUT2D eigenvalue weighted by Crippen LogP contribution is 2.28. The number of hydrogen-bond acceptors (Lipinski definition) is 8. The summed E-state index contributed by atoms with van der Waals surface area (Å²) in [6.07, 6.45) is 3.40. The number of nitrogens with one attached hydrogen (secondary N) is 3. The molecule has 0 spiro atoms. The van der Waals surface area contributed by atoms with Gasteiger partial charge in [-0.2, -0.15) is 0 Å². The highest BCUT2D eigenvalue weighted by Gasteiger charge is 2.11. The largest absolute Gasteiger partial charge is 0.494 e. The number of nitrogen functional groups attached to an aromatic ring is 1. The minimum atomic E-state index is -0.466. The molecule has 0 fully saturated rings. The number of benzene rings is 2. The van der Waals surface area contributed by atoms with Gasteiger partial charge in [-0.3, -0.25) is 15.6 Å². The number of halogens is 2. The first-order valence-corrected chi connectivity index (χ1v) is 10.9. The molecule has 3 aromatic rings. The second kappa shape index (κ2) is 12.0. The minimum absolute atomic E-state index is 0.225. The second-order valence-electron chi connectivity index (χ2n) is 6.87. The Bertz CT molecular complexity index is 1080. The Morgan fingerprint density at radius 1 is 1.06 bits per heavy atom. The minimum Gasteiger partial charge on any atom is -0.494 e. The molecule has 33 heavy (non-hydrogen) atoms. The van der Waals surface area contributed by atoms with E-state index in [2.05, 4.69) is 33.1 Å². The van der Waals surface area contributed by atoms with Crippen LogP contribution in [0.15, 0.2) is 48.8 Å². The van der Waals surface area contributed by atoms with Gasteiger partial charge in [0.15, 0.2) is 18.2 Å². The van der Waals surface area contributed by atoms with Crippen molar-refractivity contribution in [1.82, 2.24) is 15.4 Å². The first-order valence-electron chi connectivity index (χ1n) is 10.2. The molecule has 174 valence electrons. The van der Waals surface area contributed by atoms with Crippen molar-refractivity contribution in [2.45, 2.75) is 19.8 Å². The van der Waals surface area contributed by atoms with Crippen LogP contribution in [-0.2, 0) is 4.79 Å². The number of unbranched alkanes of at least 4 members (excludes halogenated alkanes) is 1. The summed E-state index contributed by atoms with van der Waals surface area (Å²) >= 11 is 11.9. The smallest absolute Gasteiger partial charge is 0.276 e. The van der Waals surface area contributed by atoms with Gasteiger partial charge in [0.25, 0.3) is 5.91 Å². The fourth-order valence-electron chi connectivity index (χ4n) is 2.60. The first kappa shape index (κ1) is 24.2. The Morgan fingerprint density at radius 2 is 1.82 bits per heavy atom. The third-order valence-electron chi connectivity index (χ3n) is 4.34. The molecule has 5 N–H and O–H groups in total. The molecule has 0 aliphatic heterocycles. The van der Waals surface area contributed by atoms with Gasteiger partial charge in [-0.15, -0.1) is 0 Å². The van der Waals surface area contributed by atoms with Crippen LogP contribution < -0.4 is 31.4 Å². The first-order chi connectivity index (χ1) is 16.0. The SMILES string of the molecule is CCCCOc1ccc(Nc2ncnc(NNC(=O)COc3ccc(Cl)cc3Cl)c2N)cc1. The van der Waals surface area contributed by atoms with Gasteiger partial charge in [-0.05, 0) is 48.9 Å². The monoisotopic (exact) mass is 490 g/mol. The van der Waals surface area contributed by atoms with Crippen LogP contribution in [0.1, 0.15) is 19.8 Å². The lowest BCUT2D eigenvalue weighted by atomic mass is 10.3. The van der Waals surface area contributed by atoms with Gasteiger partial charge in [-0.25, -0.2) is 9.97 Å². The van der Waals surface area contributed by atoms with Crippen LogP contribution in [0.4, 0.5) is 23.0 Å². The van der Waals surface area contributed by atoms with E-state index in [1.54, 1.807) is 12.1 Å². The molecule has 1 aromatic heterocycles. The average Bonchev–Trinajstić information content (AvgIpc) is 2.80. The Hall–Kier alpha value is -3.43.